The van der Waals surface area contributed by atoms with Crippen LogP contribution in [-0.4, -0.2) is 45.3 Å². The summed E-state index contributed by atoms with van der Waals surface area (Å²) in [5.41, 5.74) is 10.9. The highest BCUT2D eigenvalue weighted by Crippen LogP contribution is 2.32. The summed E-state index contributed by atoms with van der Waals surface area (Å²) in [7, 11) is 4.06. The minimum absolute atomic E-state index is 0.235. The van der Waals surface area contributed by atoms with Gasteiger partial charge in [0.15, 0.2) is 0 Å². The lowest BCUT2D eigenvalue weighted by Crippen LogP contribution is -2.07. The number of nitrogens with one attached hydrogen (secondary N) is 2. The van der Waals surface area contributed by atoms with E-state index in [1.54, 1.807) is 12.3 Å². The van der Waals surface area contributed by atoms with Crippen molar-refractivity contribution in [2.24, 2.45) is 0 Å². The van der Waals surface area contributed by atoms with Crippen molar-refractivity contribution >= 4 is 40.0 Å². The first-order valence-corrected chi connectivity index (χ1v) is 9.13. The first kappa shape index (κ1) is 20.6. The molecule has 2 aromatic carbocycles. The van der Waals surface area contributed by atoms with Gasteiger partial charge in [0.1, 0.15) is 5.82 Å². The van der Waals surface area contributed by atoms with Crippen LogP contribution in [-0.2, 0) is 4.79 Å². The molecular weight excluding hydrogens is 382 g/mol. The number of benzene rings is 2. The molecule has 9 nitrogen and oxygen atoms in total. The number of aromatic amines is 1. The van der Waals surface area contributed by atoms with Crippen LogP contribution in [0.5, 0.6) is 0 Å². The highest BCUT2D eigenvalue weighted by Gasteiger charge is 2.10. The topological polar surface area (TPSA) is 133 Å². The number of fused-ring (bicyclic) bond motifs is 1. The monoisotopic (exact) mass is 405 g/mol. The number of aromatic nitrogens is 4. The Morgan fingerprint density at radius 2 is 1.87 bits per heavy atom. The summed E-state index contributed by atoms with van der Waals surface area (Å²) in [6.07, 6.45) is 3.44. The number of carboxylic acids is 1. The van der Waals surface area contributed by atoms with Crippen molar-refractivity contribution in [3.05, 3.63) is 54.9 Å². The van der Waals surface area contributed by atoms with Crippen molar-refractivity contribution in [1.82, 2.24) is 20.2 Å². The zero-order chi connectivity index (χ0) is 21.7. The van der Waals surface area contributed by atoms with Crippen LogP contribution in [0.2, 0.25) is 0 Å². The molecule has 0 fully saturated rings. The number of H-pyrrole nitrogens is 1. The summed E-state index contributed by atoms with van der Waals surface area (Å²) in [5, 5.41) is 19.0. The van der Waals surface area contributed by atoms with Crippen LogP contribution in [0.1, 0.15) is 6.92 Å². The van der Waals surface area contributed by atoms with E-state index < -0.39 is 5.97 Å². The summed E-state index contributed by atoms with van der Waals surface area (Å²) < 4.78 is 0. The highest BCUT2D eigenvalue weighted by molar-refractivity contribution is 5.97. The lowest BCUT2D eigenvalue weighted by Gasteiger charge is -2.14. The van der Waals surface area contributed by atoms with Gasteiger partial charge in [-0.1, -0.05) is 12.1 Å². The van der Waals surface area contributed by atoms with Crippen LogP contribution in [0.3, 0.4) is 0 Å². The van der Waals surface area contributed by atoms with Crippen LogP contribution in [0.25, 0.3) is 22.0 Å². The highest BCUT2D eigenvalue weighted by atomic mass is 16.4. The molecule has 4 rings (SSSR count). The molecule has 0 radical (unpaired) electrons. The Morgan fingerprint density at radius 1 is 1.17 bits per heavy atom. The van der Waals surface area contributed by atoms with Gasteiger partial charge >= 0.3 is 0 Å². The average molecular weight is 405 g/mol. The number of hydrogen-bond acceptors (Lipinski definition) is 7. The first-order chi connectivity index (χ1) is 14.3. The van der Waals surface area contributed by atoms with Gasteiger partial charge in [0.2, 0.25) is 5.95 Å². The van der Waals surface area contributed by atoms with Crippen LogP contribution in [0, 0.1) is 0 Å². The summed E-state index contributed by atoms with van der Waals surface area (Å²) in [6.45, 7) is 1.08. The maximum atomic E-state index is 9.00. The van der Waals surface area contributed by atoms with E-state index in [0.717, 1.165) is 40.3 Å². The fourth-order valence-corrected chi connectivity index (χ4v) is 2.89. The fourth-order valence-electron chi connectivity index (χ4n) is 2.89. The van der Waals surface area contributed by atoms with Gasteiger partial charge in [-0.2, -0.15) is 10.1 Å². The third-order valence-corrected chi connectivity index (χ3v) is 4.19. The molecule has 0 spiro atoms. The molecule has 2 heterocycles. The second-order valence-electron chi connectivity index (χ2n) is 6.74. The molecule has 9 heteroatoms. The number of nitrogen functional groups attached to an aromatic ring is 1. The summed E-state index contributed by atoms with van der Waals surface area (Å²) >= 11 is 0. The first-order valence-electron chi connectivity index (χ1n) is 9.13. The smallest absolute Gasteiger partial charge is 0.300 e. The molecule has 0 aliphatic carbocycles. The standard InChI is InChI=1S/C19H19N7.C2H4O2/c1-26(2)15-5-3-12(4-6-15)16-10-14(9-13-11-22-25-18(13)16)23-17-7-8-21-19(20)24-17;1-2(3)4/h3-11H,1-2H3,(H,22,25)(H3,20,21,23,24);1H3,(H,3,4). The Balaban J connectivity index is 0.000000589. The number of nitrogens with zero attached hydrogens (tertiary/aromatic N) is 4. The molecule has 0 aliphatic heterocycles. The average Bonchev–Trinajstić information content (AvgIpc) is 3.15. The van der Waals surface area contributed by atoms with Gasteiger partial charge in [0.25, 0.3) is 5.97 Å². The molecule has 0 bridgehead atoms. The molecule has 0 atom stereocenters. The maximum absolute atomic E-state index is 9.00. The van der Waals surface area contributed by atoms with E-state index in [0.29, 0.717) is 5.82 Å². The summed E-state index contributed by atoms with van der Waals surface area (Å²) in [5.74, 6) is 0.0492. The normalized spacial score (nSPS) is 10.2. The lowest BCUT2D eigenvalue weighted by atomic mass is 10.0. The minimum atomic E-state index is -0.833. The number of carboxylic acid groups (broad SMARTS) is 1. The summed E-state index contributed by atoms with van der Waals surface area (Å²) in [6, 6.07) is 14.3. The number of nitrogens with two attached hydrogens (primary N) is 1. The van der Waals surface area contributed by atoms with Gasteiger partial charge in [0.05, 0.1) is 11.7 Å². The Kier molecular flexibility index (Phi) is 6.11. The van der Waals surface area contributed by atoms with Crippen LogP contribution < -0.4 is 16.0 Å². The molecule has 0 saturated heterocycles. The zero-order valence-electron chi connectivity index (χ0n) is 16.9. The Hall–Kier alpha value is -4.14. The van der Waals surface area contributed by atoms with Crippen molar-refractivity contribution < 1.29 is 9.90 Å². The maximum Gasteiger partial charge on any atom is 0.300 e. The lowest BCUT2D eigenvalue weighted by molar-refractivity contribution is -0.134. The van der Waals surface area contributed by atoms with E-state index in [4.69, 9.17) is 15.6 Å². The molecule has 0 amide bonds. The predicted octanol–water partition coefficient (Wildman–Crippen LogP) is 3.50. The van der Waals surface area contributed by atoms with E-state index >= 15 is 0 Å². The Labute approximate surface area is 173 Å². The van der Waals surface area contributed by atoms with Crippen molar-refractivity contribution in [3.63, 3.8) is 0 Å². The van der Waals surface area contributed by atoms with Gasteiger partial charge in [0, 0.05) is 49.5 Å². The fraction of sp³-hybridized carbons (Fsp3) is 0.143. The van der Waals surface area contributed by atoms with Gasteiger partial charge in [-0.25, -0.2) is 4.98 Å². The van der Waals surface area contributed by atoms with Crippen molar-refractivity contribution in [2.75, 3.05) is 30.0 Å². The molecule has 4 aromatic rings. The van der Waals surface area contributed by atoms with E-state index in [2.05, 4.69) is 60.7 Å². The molecule has 0 unspecified atom stereocenters. The number of rotatable bonds is 4. The summed E-state index contributed by atoms with van der Waals surface area (Å²) in [4.78, 5) is 19.2. The Morgan fingerprint density at radius 3 is 2.50 bits per heavy atom. The molecule has 30 heavy (non-hydrogen) atoms. The Bertz CT molecular complexity index is 1150. The SMILES string of the molecule is CC(=O)O.CN(C)c1ccc(-c2cc(Nc3ccnc(N)n3)cc3cn[nH]c23)cc1. The van der Waals surface area contributed by atoms with E-state index in [-0.39, 0.29) is 5.95 Å². The number of anilines is 4. The largest absolute Gasteiger partial charge is 0.481 e. The number of aliphatic carboxylic acids is 1. The third kappa shape index (κ3) is 5.02. The number of hydrogen-bond donors (Lipinski definition) is 4. The number of carbonyl (C=O) groups is 1. The molecule has 2 aromatic heterocycles. The van der Waals surface area contributed by atoms with Gasteiger partial charge < -0.3 is 21.1 Å². The van der Waals surface area contributed by atoms with E-state index in [1.807, 2.05) is 26.4 Å². The van der Waals surface area contributed by atoms with Crippen molar-refractivity contribution in [1.29, 1.82) is 0 Å². The van der Waals surface area contributed by atoms with Crippen LogP contribution >= 0.6 is 0 Å². The molecular formula is C21H23N7O2. The van der Waals surface area contributed by atoms with Crippen molar-refractivity contribution in [2.45, 2.75) is 6.92 Å². The third-order valence-electron chi connectivity index (χ3n) is 4.19. The van der Waals surface area contributed by atoms with Gasteiger partial charge in [-0.05, 0) is 35.9 Å². The van der Waals surface area contributed by atoms with Crippen molar-refractivity contribution in [3.8, 4) is 11.1 Å². The zero-order valence-corrected chi connectivity index (χ0v) is 16.9. The van der Waals surface area contributed by atoms with E-state index in [9.17, 15) is 0 Å². The predicted molar refractivity (Wildman–Crippen MR) is 119 cm³/mol. The molecule has 0 saturated carbocycles. The quantitative estimate of drug-likeness (QED) is 0.405. The molecule has 0 aliphatic rings. The minimum Gasteiger partial charge on any atom is -0.481 e. The van der Waals surface area contributed by atoms with Crippen LogP contribution in [0.15, 0.2) is 54.9 Å². The second-order valence-corrected chi connectivity index (χ2v) is 6.74. The second kappa shape index (κ2) is 8.91. The molecule has 154 valence electrons. The van der Waals surface area contributed by atoms with Gasteiger partial charge in [-0.3, -0.25) is 9.89 Å². The van der Waals surface area contributed by atoms with E-state index in [1.165, 1.54) is 0 Å². The van der Waals surface area contributed by atoms with Gasteiger partial charge in [-0.15, -0.1) is 0 Å². The van der Waals surface area contributed by atoms with Crippen LogP contribution in [0.4, 0.5) is 23.1 Å². The molecule has 5 N–H and O–H groups in total.